The summed E-state index contributed by atoms with van der Waals surface area (Å²) in [5, 5.41) is 14.6. The van der Waals surface area contributed by atoms with E-state index in [1.165, 1.54) is 72.8 Å². The normalized spacial score (nSPS) is 18.4. The van der Waals surface area contributed by atoms with E-state index in [4.69, 9.17) is 0 Å². The minimum atomic E-state index is -2.55. The van der Waals surface area contributed by atoms with Gasteiger partial charge in [0.2, 0.25) is 0 Å². The summed E-state index contributed by atoms with van der Waals surface area (Å²) < 4.78 is 62.0. The first-order chi connectivity index (χ1) is 19.8. The monoisotopic (exact) mass is 556 g/mol. The molecule has 0 saturated heterocycles. The highest BCUT2D eigenvalue weighted by Gasteiger charge is 2.57. The van der Waals surface area contributed by atoms with E-state index in [2.05, 4.69) is 15.0 Å². The van der Waals surface area contributed by atoms with Crippen LogP contribution in [0.1, 0.15) is 28.3 Å². The Morgan fingerprint density at radius 3 is 1.90 bits per heavy atom. The summed E-state index contributed by atoms with van der Waals surface area (Å²) in [7, 11) is 0. The maximum absolute atomic E-state index is 15.7. The Morgan fingerprint density at radius 1 is 0.805 bits per heavy atom. The molecule has 1 heterocycles. The van der Waals surface area contributed by atoms with Gasteiger partial charge in [-0.3, -0.25) is 9.79 Å². The van der Waals surface area contributed by atoms with Crippen LogP contribution in [0.3, 0.4) is 0 Å². The number of benzene rings is 4. The van der Waals surface area contributed by atoms with Crippen molar-refractivity contribution in [2.75, 3.05) is 6.54 Å². The van der Waals surface area contributed by atoms with Crippen molar-refractivity contribution in [3.8, 4) is 0 Å². The van der Waals surface area contributed by atoms with Gasteiger partial charge < -0.3 is 5.11 Å². The number of allylic oxidation sites excluding steroid dienone is 1. The molecule has 0 fully saturated rings. The van der Waals surface area contributed by atoms with Gasteiger partial charge in [0.1, 0.15) is 34.7 Å². The van der Waals surface area contributed by atoms with Crippen LogP contribution < -0.4 is 0 Å². The molecule has 0 radical (unpaired) electrons. The summed E-state index contributed by atoms with van der Waals surface area (Å²) in [5.41, 5.74) is 5.04. The van der Waals surface area contributed by atoms with Crippen molar-refractivity contribution >= 4 is 17.3 Å². The Balaban J connectivity index is 2.06. The SMILES string of the molecule is [N-]=[N+]=NCC1=C(c2ccccc2F)C(c2ccccc2F)=NC(c2ccccc2F)C1(C(=O)O)c1ccccc1F. The number of aliphatic carboxylic acids is 1. The van der Waals surface area contributed by atoms with Crippen molar-refractivity contribution in [2.24, 2.45) is 10.1 Å². The number of dihydropyridines is 1. The Labute approximate surface area is 231 Å². The van der Waals surface area contributed by atoms with E-state index in [0.29, 0.717) is 0 Å². The summed E-state index contributed by atoms with van der Waals surface area (Å²) in [6.07, 6.45) is 0. The van der Waals surface area contributed by atoms with E-state index >= 15 is 17.6 Å². The zero-order valence-corrected chi connectivity index (χ0v) is 21.2. The lowest BCUT2D eigenvalue weighted by Gasteiger charge is -2.43. The summed E-state index contributed by atoms with van der Waals surface area (Å²) in [5.74, 6) is -5.07. The van der Waals surface area contributed by atoms with Gasteiger partial charge in [-0.25, -0.2) is 17.6 Å². The van der Waals surface area contributed by atoms with E-state index in [1.807, 2.05) is 0 Å². The standard InChI is InChI=1S/C31H20F4N4O2/c32-23-13-5-1-9-18(23)27-22(17-37-39-36)31(30(40)41,21-12-4-8-16-26(21)35)29(20-11-3-7-15-25(20)34)38-28(27)19-10-2-6-14-24(19)33/h1-16,29H,17H2,(H,40,41). The molecule has 1 aliphatic heterocycles. The van der Waals surface area contributed by atoms with Crippen LogP contribution in [0.15, 0.2) is 113 Å². The fourth-order valence-corrected chi connectivity index (χ4v) is 5.36. The molecule has 6 nitrogen and oxygen atoms in total. The van der Waals surface area contributed by atoms with Gasteiger partial charge in [-0.15, -0.1) is 0 Å². The number of aliphatic imine (C=N–C) groups is 1. The van der Waals surface area contributed by atoms with Gasteiger partial charge in [0.05, 0.1) is 5.71 Å². The molecule has 0 amide bonds. The molecule has 0 bridgehead atoms. The van der Waals surface area contributed by atoms with E-state index in [-0.39, 0.29) is 33.5 Å². The molecule has 0 aliphatic carbocycles. The third kappa shape index (κ3) is 4.54. The number of azide groups is 1. The molecule has 41 heavy (non-hydrogen) atoms. The van der Waals surface area contributed by atoms with Gasteiger partial charge in [0.15, 0.2) is 0 Å². The molecular weight excluding hydrogens is 536 g/mol. The first-order valence-corrected chi connectivity index (χ1v) is 12.4. The smallest absolute Gasteiger partial charge is 0.321 e. The van der Waals surface area contributed by atoms with Crippen LogP contribution in [0.5, 0.6) is 0 Å². The lowest BCUT2D eigenvalue weighted by molar-refractivity contribution is -0.143. The topological polar surface area (TPSA) is 98.4 Å². The first kappa shape index (κ1) is 27.4. The molecule has 2 atom stereocenters. The van der Waals surface area contributed by atoms with Gasteiger partial charge >= 0.3 is 5.97 Å². The van der Waals surface area contributed by atoms with Crippen molar-refractivity contribution in [1.29, 1.82) is 0 Å². The Morgan fingerprint density at radius 2 is 1.34 bits per heavy atom. The van der Waals surface area contributed by atoms with Crippen LogP contribution in [-0.2, 0) is 10.2 Å². The molecule has 0 aromatic heterocycles. The van der Waals surface area contributed by atoms with Gasteiger partial charge in [-0.2, -0.15) is 0 Å². The van der Waals surface area contributed by atoms with Crippen LogP contribution >= 0.6 is 0 Å². The summed E-state index contributed by atoms with van der Waals surface area (Å²) in [4.78, 5) is 21.0. The highest BCUT2D eigenvalue weighted by molar-refractivity contribution is 6.34. The third-order valence-corrected chi connectivity index (χ3v) is 7.08. The second-order valence-corrected chi connectivity index (χ2v) is 9.20. The van der Waals surface area contributed by atoms with Crippen LogP contribution in [0, 0.1) is 23.3 Å². The fourth-order valence-electron chi connectivity index (χ4n) is 5.36. The molecule has 204 valence electrons. The third-order valence-electron chi connectivity index (χ3n) is 7.08. The number of hydrogen-bond acceptors (Lipinski definition) is 3. The molecule has 4 aromatic rings. The number of halogens is 4. The number of carboxylic acid groups (broad SMARTS) is 1. The van der Waals surface area contributed by atoms with Gasteiger partial charge in [-0.1, -0.05) is 71.8 Å². The maximum Gasteiger partial charge on any atom is 0.321 e. The molecular formula is C31H20F4N4O2. The average molecular weight is 557 g/mol. The van der Waals surface area contributed by atoms with Crippen molar-refractivity contribution in [2.45, 2.75) is 11.5 Å². The molecule has 4 aromatic carbocycles. The molecule has 1 N–H and O–H groups in total. The van der Waals surface area contributed by atoms with Crippen molar-refractivity contribution in [1.82, 2.24) is 0 Å². The maximum atomic E-state index is 15.7. The van der Waals surface area contributed by atoms with Crippen molar-refractivity contribution in [3.63, 3.8) is 0 Å². The van der Waals surface area contributed by atoms with Crippen molar-refractivity contribution in [3.05, 3.63) is 159 Å². The lowest BCUT2D eigenvalue weighted by atomic mass is 9.62. The zero-order chi connectivity index (χ0) is 29.1. The van der Waals surface area contributed by atoms with E-state index in [0.717, 1.165) is 24.3 Å². The number of nitrogens with zero attached hydrogens (tertiary/aromatic N) is 4. The zero-order valence-electron chi connectivity index (χ0n) is 21.2. The minimum absolute atomic E-state index is 0.141. The number of hydrogen-bond donors (Lipinski definition) is 1. The Bertz CT molecular complexity index is 1780. The lowest BCUT2D eigenvalue weighted by Crippen LogP contribution is -2.48. The van der Waals surface area contributed by atoms with E-state index in [9.17, 15) is 15.4 Å². The average Bonchev–Trinajstić information content (AvgIpc) is 2.96. The quantitative estimate of drug-likeness (QED) is 0.110. The molecule has 0 saturated carbocycles. The van der Waals surface area contributed by atoms with E-state index < -0.39 is 52.8 Å². The van der Waals surface area contributed by atoms with Gasteiger partial charge in [0, 0.05) is 39.3 Å². The number of carbonyl (C=O) groups is 1. The van der Waals surface area contributed by atoms with E-state index in [1.54, 1.807) is 0 Å². The van der Waals surface area contributed by atoms with Crippen LogP contribution in [0.25, 0.3) is 16.0 Å². The first-order valence-electron chi connectivity index (χ1n) is 12.4. The number of carboxylic acids is 1. The number of rotatable bonds is 7. The molecule has 10 heteroatoms. The highest BCUT2D eigenvalue weighted by Crippen LogP contribution is 2.53. The largest absolute Gasteiger partial charge is 0.480 e. The second kappa shape index (κ2) is 11.1. The Kier molecular flexibility index (Phi) is 7.42. The molecule has 5 rings (SSSR count). The predicted molar refractivity (Wildman–Crippen MR) is 145 cm³/mol. The summed E-state index contributed by atoms with van der Waals surface area (Å²) in [6.45, 7) is -0.709. The Hall–Kier alpha value is -5.21. The van der Waals surface area contributed by atoms with Crippen LogP contribution in [0.2, 0.25) is 0 Å². The summed E-state index contributed by atoms with van der Waals surface area (Å²) in [6, 6.07) is 19.2. The van der Waals surface area contributed by atoms with Gasteiger partial charge in [-0.05, 0) is 41.4 Å². The van der Waals surface area contributed by atoms with Crippen LogP contribution in [-0.4, -0.2) is 23.3 Å². The summed E-state index contributed by atoms with van der Waals surface area (Å²) >= 11 is 0. The molecule has 1 aliphatic rings. The van der Waals surface area contributed by atoms with Gasteiger partial charge in [0.25, 0.3) is 0 Å². The second-order valence-electron chi connectivity index (χ2n) is 9.20. The predicted octanol–water partition coefficient (Wildman–Crippen LogP) is 7.57. The molecule has 0 spiro atoms. The fraction of sp³-hybridized carbons (Fsp3) is 0.0968. The highest BCUT2D eigenvalue weighted by atomic mass is 19.1. The van der Waals surface area contributed by atoms with Crippen LogP contribution in [0.4, 0.5) is 17.6 Å². The van der Waals surface area contributed by atoms with Crippen molar-refractivity contribution < 1.29 is 27.5 Å². The molecule has 2 unspecified atom stereocenters. The minimum Gasteiger partial charge on any atom is -0.480 e.